The predicted molar refractivity (Wildman–Crippen MR) is 279 cm³/mol. The summed E-state index contributed by atoms with van der Waals surface area (Å²) in [7, 11) is 0. The number of furan rings is 1. The Balaban J connectivity index is 1.08. The molecule has 0 radical (unpaired) electrons. The number of nitrogens with zero attached hydrogens (tertiary/aromatic N) is 1. The van der Waals surface area contributed by atoms with Crippen LogP contribution >= 0.6 is 0 Å². The van der Waals surface area contributed by atoms with E-state index in [0.717, 1.165) is 55.3 Å². The lowest BCUT2D eigenvalue weighted by Gasteiger charge is -2.32. The zero-order chi connectivity index (χ0) is 44.1. The molecular formula is C65H41NO. The van der Waals surface area contributed by atoms with Gasteiger partial charge < -0.3 is 9.32 Å². The van der Waals surface area contributed by atoms with Crippen LogP contribution < -0.4 is 4.90 Å². The lowest BCUT2D eigenvalue weighted by molar-refractivity contribution is 0.673. The summed E-state index contributed by atoms with van der Waals surface area (Å²) in [6, 6.07) is 91.2. The average molecular weight is 852 g/mol. The van der Waals surface area contributed by atoms with E-state index in [0.29, 0.717) is 0 Å². The molecule has 0 saturated carbocycles. The maximum Gasteiger partial charge on any atom is 0.143 e. The van der Waals surface area contributed by atoms with Gasteiger partial charge >= 0.3 is 0 Å². The summed E-state index contributed by atoms with van der Waals surface area (Å²) in [5.74, 6) is 0. The van der Waals surface area contributed by atoms with E-state index < -0.39 is 5.41 Å². The normalized spacial score (nSPS) is 12.9. The Morgan fingerprint density at radius 1 is 0.313 bits per heavy atom. The average Bonchev–Trinajstić information content (AvgIpc) is 4.04. The molecule has 0 atom stereocenters. The number of rotatable bonds is 6. The van der Waals surface area contributed by atoms with Gasteiger partial charge in [-0.3, -0.25) is 0 Å². The van der Waals surface area contributed by atoms with E-state index in [1.54, 1.807) is 0 Å². The molecule has 2 aliphatic carbocycles. The Morgan fingerprint density at radius 3 is 1.52 bits per heavy atom. The second-order valence-electron chi connectivity index (χ2n) is 17.8. The van der Waals surface area contributed by atoms with Crippen molar-refractivity contribution in [1.82, 2.24) is 0 Å². The Kier molecular flexibility index (Phi) is 8.23. The van der Waals surface area contributed by atoms with E-state index in [1.165, 1.54) is 72.3 Å². The summed E-state index contributed by atoms with van der Waals surface area (Å²) in [6.45, 7) is 0. The van der Waals surface area contributed by atoms with E-state index in [9.17, 15) is 0 Å². The van der Waals surface area contributed by atoms with Crippen molar-refractivity contribution in [3.63, 3.8) is 0 Å². The van der Waals surface area contributed by atoms with Crippen LogP contribution in [0.4, 0.5) is 17.1 Å². The third-order valence-electron chi connectivity index (χ3n) is 14.5. The van der Waals surface area contributed by atoms with Crippen molar-refractivity contribution in [2.24, 2.45) is 0 Å². The van der Waals surface area contributed by atoms with Crippen molar-refractivity contribution < 1.29 is 4.42 Å². The molecule has 0 unspecified atom stereocenters. The predicted octanol–water partition coefficient (Wildman–Crippen LogP) is 17.6. The number of fused-ring (bicyclic) bond motifs is 15. The molecule has 2 heteroatoms. The fraction of sp³-hybridized carbons (Fsp3) is 0.0154. The van der Waals surface area contributed by atoms with Crippen LogP contribution in [0.3, 0.4) is 0 Å². The number of benzene rings is 11. The molecule has 12 aromatic rings. The first kappa shape index (κ1) is 37.6. The fourth-order valence-electron chi connectivity index (χ4n) is 11.8. The summed E-state index contributed by atoms with van der Waals surface area (Å²) in [5, 5.41) is 4.37. The van der Waals surface area contributed by atoms with Crippen molar-refractivity contribution in [3.8, 4) is 55.6 Å². The minimum Gasteiger partial charge on any atom is -0.455 e. The van der Waals surface area contributed by atoms with Gasteiger partial charge in [0.05, 0.1) is 16.8 Å². The quantitative estimate of drug-likeness (QED) is 0.166. The van der Waals surface area contributed by atoms with Gasteiger partial charge in [0.15, 0.2) is 0 Å². The summed E-state index contributed by atoms with van der Waals surface area (Å²) >= 11 is 0. The van der Waals surface area contributed by atoms with Crippen LogP contribution in [0.15, 0.2) is 253 Å². The van der Waals surface area contributed by atoms with E-state index >= 15 is 0 Å². The van der Waals surface area contributed by atoms with Crippen LogP contribution in [0.1, 0.15) is 22.3 Å². The number of anilines is 3. The Morgan fingerprint density at radius 2 is 0.821 bits per heavy atom. The van der Waals surface area contributed by atoms with Gasteiger partial charge in [-0.2, -0.15) is 0 Å². The molecule has 1 heterocycles. The highest BCUT2D eigenvalue weighted by Crippen LogP contribution is 2.65. The minimum absolute atomic E-state index is 0.480. The molecule has 11 aromatic carbocycles. The van der Waals surface area contributed by atoms with Gasteiger partial charge in [-0.1, -0.05) is 218 Å². The number of hydrogen-bond donors (Lipinski definition) is 0. The van der Waals surface area contributed by atoms with Crippen LogP contribution in [-0.4, -0.2) is 0 Å². The molecule has 0 saturated heterocycles. The van der Waals surface area contributed by atoms with Crippen LogP contribution in [0.2, 0.25) is 0 Å². The zero-order valence-corrected chi connectivity index (χ0v) is 36.5. The summed E-state index contributed by atoms with van der Waals surface area (Å²) in [5.41, 5.74) is 22.0. The highest BCUT2D eigenvalue weighted by molar-refractivity contribution is 6.23. The molecule has 1 aromatic heterocycles. The Labute approximate surface area is 389 Å². The second kappa shape index (κ2) is 14.7. The van der Waals surface area contributed by atoms with Gasteiger partial charge in [0, 0.05) is 32.8 Å². The van der Waals surface area contributed by atoms with Gasteiger partial charge in [0.2, 0.25) is 0 Å². The molecule has 1 spiro atoms. The van der Waals surface area contributed by atoms with Crippen molar-refractivity contribution in [2.75, 3.05) is 4.90 Å². The molecule has 67 heavy (non-hydrogen) atoms. The molecule has 14 rings (SSSR count). The second-order valence-corrected chi connectivity index (χ2v) is 17.8. The molecule has 0 amide bonds. The fourth-order valence-corrected chi connectivity index (χ4v) is 11.8. The SMILES string of the molecule is c1ccc(-c2ccc(N(c3cccc4c3-c3ccccc3C43c4ccccc4-c4ccccc43)c3cc4c(oc5cccc(-c6ccccc6-c6ccccc6)c54)c4ccccc34)cc2)cc1. The van der Waals surface area contributed by atoms with Gasteiger partial charge in [-0.15, -0.1) is 0 Å². The standard InChI is InChI=1S/C65H41NO/c1-3-19-42(20-4-1)43-37-39-45(40-38-43)66(59-35-18-34-58-63(59)53-29-13-16-33-57(53)65(58)55-31-14-11-25-48(55)49-26-12-15-32-56(49)65)60-41-54-62-51(47-24-8-7-23-46(47)44-21-5-2-6-22-44)30-17-36-61(62)67-64(54)52-28-10-9-27-50(52)60/h1-41H. The zero-order valence-electron chi connectivity index (χ0n) is 36.5. The van der Waals surface area contributed by atoms with E-state index in [2.05, 4.69) is 254 Å². The molecule has 312 valence electrons. The molecule has 0 aliphatic heterocycles. The maximum atomic E-state index is 7.02. The van der Waals surface area contributed by atoms with Gasteiger partial charge in [0.1, 0.15) is 11.2 Å². The van der Waals surface area contributed by atoms with Crippen LogP contribution in [0.25, 0.3) is 88.3 Å². The monoisotopic (exact) mass is 851 g/mol. The Bertz CT molecular complexity index is 3870. The third-order valence-corrected chi connectivity index (χ3v) is 14.5. The first-order valence-corrected chi connectivity index (χ1v) is 23.2. The highest BCUT2D eigenvalue weighted by atomic mass is 16.3. The van der Waals surface area contributed by atoms with Crippen molar-refractivity contribution in [3.05, 3.63) is 271 Å². The van der Waals surface area contributed by atoms with Crippen molar-refractivity contribution in [2.45, 2.75) is 5.41 Å². The molecule has 0 fully saturated rings. The van der Waals surface area contributed by atoms with E-state index in [1.807, 2.05) is 0 Å². The first-order chi connectivity index (χ1) is 33.3. The summed E-state index contributed by atoms with van der Waals surface area (Å²) in [6.07, 6.45) is 0. The van der Waals surface area contributed by atoms with Crippen LogP contribution in [0, 0.1) is 0 Å². The topological polar surface area (TPSA) is 16.4 Å². The first-order valence-electron chi connectivity index (χ1n) is 23.2. The Hall–Kier alpha value is -8.72. The molecule has 2 nitrogen and oxygen atoms in total. The summed E-state index contributed by atoms with van der Waals surface area (Å²) < 4.78 is 7.02. The molecule has 2 aliphatic rings. The lowest BCUT2D eigenvalue weighted by Crippen LogP contribution is -2.26. The van der Waals surface area contributed by atoms with Gasteiger partial charge in [-0.25, -0.2) is 0 Å². The van der Waals surface area contributed by atoms with Crippen LogP contribution in [0.5, 0.6) is 0 Å². The van der Waals surface area contributed by atoms with E-state index in [4.69, 9.17) is 4.42 Å². The van der Waals surface area contributed by atoms with Gasteiger partial charge in [-0.05, 0) is 103 Å². The molecule has 0 bridgehead atoms. The highest BCUT2D eigenvalue weighted by Gasteiger charge is 2.52. The van der Waals surface area contributed by atoms with Crippen molar-refractivity contribution >= 4 is 49.8 Å². The molecule has 0 N–H and O–H groups in total. The lowest BCUT2D eigenvalue weighted by atomic mass is 9.70. The van der Waals surface area contributed by atoms with Gasteiger partial charge in [0.25, 0.3) is 0 Å². The number of hydrogen-bond acceptors (Lipinski definition) is 2. The largest absolute Gasteiger partial charge is 0.455 e. The minimum atomic E-state index is -0.480. The van der Waals surface area contributed by atoms with Crippen LogP contribution in [-0.2, 0) is 5.41 Å². The summed E-state index contributed by atoms with van der Waals surface area (Å²) in [4.78, 5) is 2.53. The molecular weight excluding hydrogens is 811 g/mol. The van der Waals surface area contributed by atoms with E-state index in [-0.39, 0.29) is 0 Å². The smallest absolute Gasteiger partial charge is 0.143 e. The van der Waals surface area contributed by atoms with Crippen molar-refractivity contribution in [1.29, 1.82) is 0 Å². The maximum absolute atomic E-state index is 7.02. The third kappa shape index (κ3) is 5.39.